The lowest BCUT2D eigenvalue weighted by Crippen LogP contribution is -2.38. The number of methoxy groups -OCH3 is 1. The number of hydrogen-bond donors (Lipinski definition) is 1. The minimum atomic E-state index is -3.64. The van der Waals surface area contributed by atoms with Gasteiger partial charge in [0, 0.05) is 25.2 Å². The zero-order valence-electron chi connectivity index (χ0n) is 19.3. The van der Waals surface area contributed by atoms with Crippen molar-refractivity contribution in [2.75, 3.05) is 20.2 Å². The third kappa shape index (κ3) is 6.04. The molecule has 7 heteroatoms. The van der Waals surface area contributed by atoms with Gasteiger partial charge in [0.15, 0.2) is 0 Å². The van der Waals surface area contributed by atoms with Gasteiger partial charge in [0.2, 0.25) is 10.0 Å². The number of nitrogens with zero attached hydrogens (tertiary/aromatic N) is 1. The van der Waals surface area contributed by atoms with E-state index in [1.165, 1.54) is 24.8 Å². The summed E-state index contributed by atoms with van der Waals surface area (Å²) in [6.07, 6.45) is 3.07. The number of benzene rings is 3. The SMILES string of the molecule is COc1ccc(S(=O)(=O)NCc2ccc(C(=O)N3CCC(Cc4ccccc4)CC3)cc2)cc1. The minimum Gasteiger partial charge on any atom is -0.497 e. The molecular weight excluding hydrogens is 448 g/mol. The van der Waals surface area contributed by atoms with Crippen molar-refractivity contribution in [3.05, 3.63) is 95.6 Å². The summed E-state index contributed by atoms with van der Waals surface area (Å²) in [4.78, 5) is 15.0. The van der Waals surface area contributed by atoms with Gasteiger partial charge in [-0.1, -0.05) is 42.5 Å². The fourth-order valence-corrected chi connectivity index (χ4v) is 5.27. The molecule has 34 heavy (non-hydrogen) atoms. The van der Waals surface area contributed by atoms with Crippen molar-refractivity contribution in [1.29, 1.82) is 0 Å². The first-order valence-corrected chi connectivity index (χ1v) is 13.0. The van der Waals surface area contributed by atoms with Gasteiger partial charge >= 0.3 is 0 Å². The van der Waals surface area contributed by atoms with Gasteiger partial charge in [-0.2, -0.15) is 0 Å². The summed E-state index contributed by atoms with van der Waals surface area (Å²) in [6.45, 7) is 1.67. The summed E-state index contributed by atoms with van der Waals surface area (Å²) in [5, 5.41) is 0. The maximum atomic E-state index is 12.9. The van der Waals surface area contributed by atoms with E-state index in [0.29, 0.717) is 17.2 Å². The van der Waals surface area contributed by atoms with E-state index in [1.54, 1.807) is 36.4 Å². The molecule has 0 bridgehead atoms. The molecule has 4 rings (SSSR count). The topological polar surface area (TPSA) is 75.7 Å². The van der Waals surface area contributed by atoms with Crippen LogP contribution in [-0.2, 0) is 23.0 Å². The number of ether oxygens (including phenoxy) is 1. The molecule has 3 aromatic rings. The van der Waals surface area contributed by atoms with Gasteiger partial charge in [-0.25, -0.2) is 13.1 Å². The van der Waals surface area contributed by atoms with Crippen LogP contribution in [0.2, 0.25) is 0 Å². The predicted molar refractivity (Wildman–Crippen MR) is 132 cm³/mol. The molecule has 3 aromatic carbocycles. The molecule has 0 aliphatic carbocycles. The van der Waals surface area contributed by atoms with Crippen LogP contribution in [0.15, 0.2) is 83.8 Å². The van der Waals surface area contributed by atoms with Crippen LogP contribution in [0.4, 0.5) is 0 Å². The zero-order chi connectivity index (χ0) is 24.0. The molecule has 1 aliphatic heterocycles. The van der Waals surface area contributed by atoms with Crippen molar-refractivity contribution in [2.24, 2.45) is 5.92 Å². The third-order valence-electron chi connectivity index (χ3n) is 6.31. The average molecular weight is 479 g/mol. The number of amides is 1. The van der Waals surface area contributed by atoms with Crippen LogP contribution >= 0.6 is 0 Å². The van der Waals surface area contributed by atoms with Gasteiger partial charge in [0.25, 0.3) is 5.91 Å². The molecule has 1 amide bonds. The Balaban J connectivity index is 1.28. The van der Waals surface area contributed by atoms with Crippen LogP contribution in [0.1, 0.15) is 34.3 Å². The summed E-state index contributed by atoms with van der Waals surface area (Å²) in [5.74, 6) is 1.23. The van der Waals surface area contributed by atoms with Crippen LogP contribution in [0, 0.1) is 5.92 Å². The number of piperidine rings is 1. The van der Waals surface area contributed by atoms with E-state index in [2.05, 4.69) is 29.0 Å². The van der Waals surface area contributed by atoms with E-state index < -0.39 is 10.0 Å². The average Bonchev–Trinajstić information content (AvgIpc) is 2.88. The lowest BCUT2D eigenvalue weighted by Gasteiger charge is -2.32. The van der Waals surface area contributed by atoms with Gasteiger partial charge < -0.3 is 9.64 Å². The number of carbonyl (C=O) groups excluding carboxylic acids is 1. The molecule has 0 atom stereocenters. The summed E-state index contributed by atoms with van der Waals surface area (Å²) in [6, 6.07) is 23.9. The third-order valence-corrected chi connectivity index (χ3v) is 7.72. The van der Waals surface area contributed by atoms with E-state index in [0.717, 1.165) is 37.9 Å². The number of carbonyl (C=O) groups is 1. The highest BCUT2D eigenvalue weighted by Crippen LogP contribution is 2.23. The van der Waals surface area contributed by atoms with Gasteiger partial charge in [-0.05, 0) is 72.7 Å². The number of sulfonamides is 1. The Morgan fingerprint density at radius 2 is 1.56 bits per heavy atom. The lowest BCUT2D eigenvalue weighted by molar-refractivity contribution is 0.0690. The second-order valence-electron chi connectivity index (χ2n) is 8.62. The maximum absolute atomic E-state index is 12.9. The zero-order valence-corrected chi connectivity index (χ0v) is 20.1. The molecule has 0 spiro atoms. The van der Waals surface area contributed by atoms with Gasteiger partial charge in [0.05, 0.1) is 12.0 Å². The molecule has 1 aliphatic rings. The molecule has 1 fully saturated rings. The summed E-state index contributed by atoms with van der Waals surface area (Å²) in [7, 11) is -2.10. The fraction of sp³-hybridized carbons (Fsp3) is 0.296. The highest BCUT2D eigenvalue weighted by Gasteiger charge is 2.24. The van der Waals surface area contributed by atoms with Crippen molar-refractivity contribution < 1.29 is 17.9 Å². The van der Waals surface area contributed by atoms with Crippen molar-refractivity contribution in [3.8, 4) is 5.75 Å². The number of rotatable bonds is 8. The quantitative estimate of drug-likeness (QED) is 0.525. The molecule has 1 saturated heterocycles. The van der Waals surface area contributed by atoms with Crippen molar-refractivity contribution >= 4 is 15.9 Å². The first-order valence-electron chi connectivity index (χ1n) is 11.5. The Kier molecular flexibility index (Phi) is 7.65. The van der Waals surface area contributed by atoms with E-state index in [1.807, 2.05) is 11.0 Å². The Morgan fingerprint density at radius 1 is 0.912 bits per heavy atom. The number of nitrogens with one attached hydrogen (secondary N) is 1. The molecule has 1 heterocycles. The van der Waals surface area contributed by atoms with Crippen molar-refractivity contribution in [1.82, 2.24) is 9.62 Å². The number of likely N-dealkylation sites (tertiary alicyclic amines) is 1. The maximum Gasteiger partial charge on any atom is 0.253 e. The highest BCUT2D eigenvalue weighted by molar-refractivity contribution is 7.89. The number of hydrogen-bond acceptors (Lipinski definition) is 4. The van der Waals surface area contributed by atoms with Crippen LogP contribution in [0.3, 0.4) is 0 Å². The van der Waals surface area contributed by atoms with Crippen LogP contribution in [-0.4, -0.2) is 39.4 Å². The molecule has 6 nitrogen and oxygen atoms in total. The van der Waals surface area contributed by atoms with Crippen LogP contribution in [0.5, 0.6) is 5.75 Å². The summed E-state index contributed by atoms with van der Waals surface area (Å²) < 4.78 is 32.7. The standard InChI is InChI=1S/C27H30N2O4S/c1-33-25-11-13-26(14-12-25)34(31,32)28-20-23-7-9-24(10-8-23)27(30)29-17-15-22(16-18-29)19-21-5-3-2-4-6-21/h2-14,22,28H,15-20H2,1H3. The van der Waals surface area contributed by atoms with Gasteiger partial charge in [0.1, 0.15) is 5.75 Å². The van der Waals surface area contributed by atoms with Crippen LogP contribution < -0.4 is 9.46 Å². The Morgan fingerprint density at radius 3 is 2.18 bits per heavy atom. The fourth-order valence-electron chi connectivity index (χ4n) is 4.25. The monoisotopic (exact) mass is 478 g/mol. The van der Waals surface area contributed by atoms with E-state index >= 15 is 0 Å². The smallest absolute Gasteiger partial charge is 0.253 e. The molecule has 0 unspecified atom stereocenters. The second kappa shape index (κ2) is 10.8. The Bertz CT molecular complexity index is 1190. The van der Waals surface area contributed by atoms with E-state index in [-0.39, 0.29) is 17.3 Å². The molecule has 0 aromatic heterocycles. The van der Waals surface area contributed by atoms with E-state index in [9.17, 15) is 13.2 Å². The Labute approximate surface area is 201 Å². The molecule has 178 valence electrons. The van der Waals surface area contributed by atoms with Crippen LogP contribution in [0.25, 0.3) is 0 Å². The minimum absolute atomic E-state index is 0.0310. The lowest BCUT2D eigenvalue weighted by atomic mass is 9.90. The van der Waals surface area contributed by atoms with Crippen molar-refractivity contribution in [2.45, 2.75) is 30.7 Å². The molecule has 0 saturated carbocycles. The second-order valence-corrected chi connectivity index (χ2v) is 10.4. The largest absolute Gasteiger partial charge is 0.497 e. The predicted octanol–water partition coefficient (Wildman–Crippen LogP) is 4.27. The first-order chi connectivity index (χ1) is 16.4. The molecule has 1 N–H and O–H groups in total. The van der Waals surface area contributed by atoms with Crippen molar-refractivity contribution in [3.63, 3.8) is 0 Å². The highest BCUT2D eigenvalue weighted by atomic mass is 32.2. The Hall–Kier alpha value is -3.16. The normalized spacial score (nSPS) is 14.7. The molecular formula is C27H30N2O4S. The first kappa shape index (κ1) is 24.0. The summed E-state index contributed by atoms with van der Waals surface area (Å²) in [5.41, 5.74) is 2.77. The summed E-state index contributed by atoms with van der Waals surface area (Å²) >= 11 is 0. The van der Waals surface area contributed by atoms with Gasteiger partial charge in [-0.3, -0.25) is 4.79 Å². The molecule has 0 radical (unpaired) electrons. The van der Waals surface area contributed by atoms with E-state index in [4.69, 9.17) is 4.74 Å². The van der Waals surface area contributed by atoms with Gasteiger partial charge in [-0.15, -0.1) is 0 Å².